The van der Waals surface area contributed by atoms with E-state index in [0.29, 0.717) is 6.42 Å². The van der Waals surface area contributed by atoms with Crippen molar-refractivity contribution in [2.24, 2.45) is 0 Å². The first kappa shape index (κ1) is 8.72. The lowest BCUT2D eigenvalue weighted by Crippen LogP contribution is -2.30. The van der Waals surface area contributed by atoms with E-state index in [1.807, 2.05) is 6.92 Å². The molecule has 0 aliphatic rings. The van der Waals surface area contributed by atoms with Crippen LogP contribution in [-0.2, 0) is 9.53 Å². The SMILES string of the molecule is CC[C@H](NCl)C(=O)OC. The second-order valence-corrected chi connectivity index (χ2v) is 1.81. The Hall–Kier alpha value is -0.280. The van der Waals surface area contributed by atoms with Gasteiger partial charge in [0, 0.05) is 0 Å². The van der Waals surface area contributed by atoms with Crippen LogP contribution in [0, 0.1) is 0 Å². The molecule has 0 saturated carbocycles. The summed E-state index contributed by atoms with van der Waals surface area (Å²) in [6.45, 7) is 1.84. The summed E-state index contributed by atoms with van der Waals surface area (Å²) in [6, 6.07) is -0.378. The molecule has 0 bridgehead atoms. The highest BCUT2D eigenvalue weighted by atomic mass is 35.5. The molecule has 1 atom stereocenters. The van der Waals surface area contributed by atoms with E-state index in [1.165, 1.54) is 7.11 Å². The van der Waals surface area contributed by atoms with E-state index in [4.69, 9.17) is 11.8 Å². The molecule has 1 N–H and O–H groups in total. The maximum atomic E-state index is 10.6. The van der Waals surface area contributed by atoms with Gasteiger partial charge in [-0.15, -0.1) is 0 Å². The second-order valence-electron chi connectivity index (χ2n) is 1.59. The lowest BCUT2D eigenvalue weighted by atomic mass is 10.2. The fraction of sp³-hybridized carbons (Fsp3) is 0.800. The number of carbonyl (C=O) groups is 1. The van der Waals surface area contributed by atoms with Crippen LogP contribution in [0.1, 0.15) is 13.3 Å². The predicted molar refractivity (Wildman–Crippen MR) is 35.1 cm³/mol. The Labute approximate surface area is 59.4 Å². The Morgan fingerprint density at radius 3 is 2.56 bits per heavy atom. The Morgan fingerprint density at radius 1 is 1.89 bits per heavy atom. The van der Waals surface area contributed by atoms with Gasteiger partial charge in [0.15, 0.2) is 0 Å². The van der Waals surface area contributed by atoms with Crippen LogP contribution < -0.4 is 4.84 Å². The first-order chi connectivity index (χ1) is 4.26. The van der Waals surface area contributed by atoms with Gasteiger partial charge in [0.1, 0.15) is 6.04 Å². The van der Waals surface area contributed by atoms with Gasteiger partial charge in [0.05, 0.1) is 7.11 Å². The van der Waals surface area contributed by atoms with Crippen LogP contribution in [0.5, 0.6) is 0 Å². The number of rotatable bonds is 3. The van der Waals surface area contributed by atoms with Crippen LogP contribution in [0.2, 0.25) is 0 Å². The molecule has 0 aromatic rings. The van der Waals surface area contributed by atoms with Crippen molar-refractivity contribution in [1.29, 1.82) is 0 Å². The highest BCUT2D eigenvalue weighted by Gasteiger charge is 2.13. The molecular weight excluding hydrogens is 142 g/mol. The van der Waals surface area contributed by atoms with E-state index in [0.717, 1.165) is 0 Å². The normalized spacial score (nSPS) is 12.8. The molecule has 0 aromatic heterocycles. The smallest absolute Gasteiger partial charge is 0.324 e. The molecule has 0 amide bonds. The summed E-state index contributed by atoms with van der Waals surface area (Å²) in [5, 5.41) is 0. The summed E-state index contributed by atoms with van der Waals surface area (Å²) in [5.74, 6) is -0.326. The van der Waals surface area contributed by atoms with Crippen LogP contribution in [0.15, 0.2) is 0 Å². The predicted octanol–water partition coefficient (Wildman–Crippen LogP) is 0.681. The van der Waals surface area contributed by atoms with E-state index in [-0.39, 0.29) is 12.0 Å². The summed E-state index contributed by atoms with van der Waals surface area (Å²) in [6.07, 6.45) is 0.635. The lowest BCUT2D eigenvalue weighted by Gasteiger charge is -2.07. The quantitative estimate of drug-likeness (QED) is 0.476. The monoisotopic (exact) mass is 151 g/mol. The largest absolute Gasteiger partial charge is 0.468 e. The fourth-order valence-electron chi connectivity index (χ4n) is 0.431. The molecule has 0 spiro atoms. The molecule has 0 aromatic carbocycles. The molecule has 0 fully saturated rings. The zero-order valence-corrected chi connectivity index (χ0v) is 6.23. The molecule has 0 aliphatic heterocycles. The fourth-order valence-corrected chi connectivity index (χ4v) is 0.674. The van der Waals surface area contributed by atoms with E-state index in [9.17, 15) is 4.79 Å². The van der Waals surface area contributed by atoms with Crippen LogP contribution >= 0.6 is 11.8 Å². The van der Waals surface area contributed by atoms with Gasteiger partial charge in [-0.2, -0.15) is 0 Å². The van der Waals surface area contributed by atoms with Gasteiger partial charge in [0.2, 0.25) is 0 Å². The topological polar surface area (TPSA) is 38.3 Å². The van der Waals surface area contributed by atoms with E-state index in [1.54, 1.807) is 0 Å². The average molecular weight is 152 g/mol. The van der Waals surface area contributed by atoms with E-state index >= 15 is 0 Å². The van der Waals surface area contributed by atoms with Crippen molar-refractivity contribution >= 4 is 17.7 Å². The summed E-state index contributed by atoms with van der Waals surface area (Å²) >= 11 is 5.19. The van der Waals surface area contributed by atoms with Gasteiger partial charge in [-0.25, -0.2) is 4.84 Å². The van der Waals surface area contributed by atoms with Crippen LogP contribution in [0.3, 0.4) is 0 Å². The third kappa shape index (κ3) is 2.67. The van der Waals surface area contributed by atoms with Crippen molar-refractivity contribution in [3.05, 3.63) is 0 Å². The molecule has 0 rings (SSSR count). The molecule has 9 heavy (non-hydrogen) atoms. The molecule has 0 saturated heterocycles. The Bertz CT molecular complexity index is 93.0. The number of hydrogen-bond acceptors (Lipinski definition) is 3. The maximum Gasteiger partial charge on any atom is 0.324 e. The Balaban J connectivity index is 3.64. The number of carbonyl (C=O) groups excluding carboxylic acids is 1. The summed E-state index contributed by atoms with van der Waals surface area (Å²) < 4.78 is 4.41. The van der Waals surface area contributed by atoms with Crippen molar-refractivity contribution in [1.82, 2.24) is 4.84 Å². The first-order valence-electron chi connectivity index (χ1n) is 2.70. The Kier molecular flexibility index (Phi) is 4.44. The van der Waals surface area contributed by atoms with Crippen molar-refractivity contribution in [3.8, 4) is 0 Å². The van der Waals surface area contributed by atoms with Crippen molar-refractivity contribution < 1.29 is 9.53 Å². The average Bonchev–Trinajstić information content (AvgIpc) is 1.90. The number of nitrogens with one attached hydrogen (secondary N) is 1. The summed E-state index contributed by atoms with van der Waals surface area (Å²) in [5.41, 5.74) is 0. The minimum Gasteiger partial charge on any atom is -0.468 e. The maximum absolute atomic E-state index is 10.6. The molecule has 0 heterocycles. The van der Waals surface area contributed by atoms with Crippen LogP contribution in [0.4, 0.5) is 0 Å². The minimum absolute atomic E-state index is 0.326. The zero-order chi connectivity index (χ0) is 7.28. The molecule has 0 aliphatic carbocycles. The van der Waals surface area contributed by atoms with E-state index in [2.05, 4.69) is 9.57 Å². The van der Waals surface area contributed by atoms with Crippen LogP contribution in [0.25, 0.3) is 0 Å². The van der Waals surface area contributed by atoms with Crippen molar-refractivity contribution in [2.45, 2.75) is 19.4 Å². The zero-order valence-electron chi connectivity index (χ0n) is 5.48. The number of esters is 1. The van der Waals surface area contributed by atoms with Gasteiger partial charge in [-0.05, 0) is 18.2 Å². The molecule has 0 radical (unpaired) electrons. The van der Waals surface area contributed by atoms with Gasteiger partial charge in [-0.1, -0.05) is 6.92 Å². The van der Waals surface area contributed by atoms with E-state index < -0.39 is 0 Å². The van der Waals surface area contributed by atoms with Crippen molar-refractivity contribution in [3.63, 3.8) is 0 Å². The number of methoxy groups -OCH3 is 1. The molecule has 54 valence electrons. The third-order valence-corrected chi connectivity index (χ3v) is 1.29. The number of halogens is 1. The lowest BCUT2D eigenvalue weighted by molar-refractivity contribution is -0.142. The molecule has 3 nitrogen and oxygen atoms in total. The summed E-state index contributed by atoms with van der Waals surface area (Å²) in [4.78, 5) is 12.9. The minimum atomic E-state index is -0.378. The molecular formula is C5H10ClNO2. The number of ether oxygens (including phenoxy) is 1. The van der Waals surface area contributed by atoms with Gasteiger partial charge >= 0.3 is 5.97 Å². The highest BCUT2D eigenvalue weighted by molar-refractivity contribution is 6.14. The third-order valence-electron chi connectivity index (χ3n) is 1.03. The van der Waals surface area contributed by atoms with Gasteiger partial charge in [-0.3, -0.25) is 4.79 Å². The van der Waals surface area contributed by atoms with Gasteiger partial charge in [0.25, 0.3) is 0 Å². The Morgan fingerprint density at radius 2 is 2.44 bits per heavy atom. The second kappa shape index (κ2) is 4.58. The highest BCUT2D eigenvalue weighted by Crippen LogP contribution is 1.93. The number of hydrogen-bond donors (Lipinski definition) is 1. The first-order valence-corrected chi connectivity index (χ1v) is 3.08. The van der Waals surface area contributed by atoms with Gasteiger partial charge < -0.3 is 4.74 Å². The summed E-state index contributed by atoms with van der Waals surface area (Å²) in [7, 11) is 1.33. The molecule has 4 heteroatoms. The van der Waals surface area contributed by atoms with Crippen LogP contribution in [-0.4, -0.2) is 19.1 Å². The standard InChI is InChI=1S/C5H10ClNO2/c1-3-4(7-6)5(8)9-2/h4,7H,3H2,1-2H3/t4-/m0/s1. The molecule has 0 unspecified atom stereocenters. The van der Waals surface area contributed by atoms with Crippen molar-refractivity contribution in [2.75, 3.05) is 7.11 Å².